The minimum absolute atomic E-state index is 0. The van der Waals surface area contributed by atoms with Gasteiger partial charge in [-0.1, -0.05) is 0 Å². The number of hydrogen-bond donors (Lipinski definition) is 3. The average molecular weight is 278 g/mol. The van der Waals surface area contributed by atoms with Crippen molar-refractivity contribution >= 4 is 39.8 Å². The van der Waals surface area contributed by atoms with E-state index in [4.69, 9.17) is 32.8 Å². The predicted octanol–water partition coefficient (Wildman–Crippen LogP) is -0.000800. The molecule has 0 fully saturated rings. The van der Waals surface area contributed by atoms with E-state index in [1.807, 2.05) is 0 Å². The van der Waals surface area contributed by atoms with E-state index in [0.717, 1.165) is 0 Å². The summed E-state index contributed by atoms with van der Waals surface area (Å²) in [7, 11) is -4.67. The van der Waals surface area contributed by atoms with Crippen LogP contribution in [-0.2, 0) is 10.4 Å². The molecule has 0 aliphatic carbocycles. The van der Waals surface area contributed by atoms with E-state index in [9.17, 15) is 0 Å². The maximum Gasteiger partial charge on any atom is 0.394 e. The lowest BCUT2D eigenvalue weighted by molar-refractivity contribution is -0.742. The van der Waals surface area contributed by atoms with Crippen molar-refractivity contribution in [2.24, 2.45) is 0 Å². The second kappa shape index (κ2) is 9.84. The Morgan fingerprint density at radius 3 is 1.27 bits per heavy atom. The molecule has 0 saturated heterocycles. The third-order valence-corrected chi connectivity index (χ3v) is 0. The molecule has 0 aromatic carbocycles. The molecule has 0 saturated carbocycles. The lowest BCUT2D eigenvalue weighted by Crippen LogP contribution is -1.89. The molecule has 0 aliphatic heterocycles. The van der Waals surface area contributed by atoms with Crippen molar-refractivity contribution in [3.8, 4) is 0 Å². The van der Waals surface area contributed by atoms with Crippen molar-refractivity contribution < 1.29 is 27.8 Å². The fourth-order valence-corrected chi connectivity index (χ4v) is 0. The standard InChI is InChI=1S/BrH.ClH.HNO3.H2O4S/c;;2-1(3)4;1-5(2,3)4/h2*1H;(H,2,3,4);(H2,1,2,3,4). The summed E-state index contributed by atoms with van der Waals surface area (Å²) in [6.07, 6.45) is 0. The van der Waals surface area contributed by atoms with Crippen molar-refractivity contribution in [3.63, 3.8) is 0 Å². The summed E-state index contributed by atoms with van der Waals surface area (Å²) >= 11 is 0. The van der Waals surface area contributed by atoms with Crippen LogP contribution in [0.1, 0.15) is 0 Å². The first-order chi connectivity index (χ1) is 3.73. The van der Waals surface area contributed by atoms with Crippen LogP contribution < -0.4 is 0 Å². The summed E-state index contributed by atoms with van der Waals surface area (Å²) < 4.78 is 31.6. The quantitative estimate of drug-likeness (QED) is 0.322. The third kappa shape index (κ3) is 23600. The van der Waals surface area contributed by atoms with Crippen LogP contribution in [0.3, 0.4) is 0 Å². The van der Waals surface area contributed by atoms with E-state index < -0.39 is 15.5 Å². The highest BCUT2D eigenvalue weighted by Crippen LogP contribution is 1.59. The molecule has 0 unspecified atom stereocenters. The van der Waals surface area contributed by atoms with Crippen molar-refractivity contribution in [1.29, 1.82) is 0 Å². The summed E-state index contributed by atoms with van der Waals surface area (Å²) in [5.41, 5.74) is 0. The summed E-state index contributed by atoms with van der Waals surface area (Å²) in [4.78, 5) is 8.36. The lowest BCUT2D eigenvalue weighted by atomic mass is 13.1. The van der Waals surface area contributed by atoms with Gasteiger partial charge < -0.3 is 5.21 Å². The van der Waals surface area contributed by atoms with E-state index in [1.165, 1.54) is 0 Å². The van der Waals surface area contributed by atoms with E-state index >= 15 is 0 Å². The molecule has 72 valence electrons. The van der Waals surface area contributed by atoms with Gasteiger partial charge in [-0.25, -0.2) is 0 Å². The van der Waals surface area contributed by atoms with Crippen LogP contribution in [-0.4, -0.2) is 27.8 Å². The minimum atomic E-state index is -4.67. The Bertz CT molecular complexity index is 161. The molecule has 11 heavy (non-hydrogen) atoms. The highest BCUT2D eigenvalue weighted by atomic mass is 79.9. The second-order valence-electron chi connectivity index (χ2n) is 0.686. The fraction of sp³-hybridized carbons (Fsp3) is 0. The second-order valence-corrected chi connectivity index (χ2v) is 1.58. The third-order valence-electron chi connectivity index (χ3n) is 0. The molecular weight excluding hydrogens is 273 g/mol. The first-order valence-electron chi connectivity index (χ1n) is 1.26. The molecule has 0 aromatic rings. The largest absolute Gasteiger partial charge is 0.394 e. The van der Waals surface area contributed by atoms with Crippen molar-refractivity contribution in [2.45, 2.75) is 0 Å². The van der Waals surface area contributed by atoms with Gasteiger partial charge >= 0.3 is 10.4 Å². The highest BCUT2D eigenvalue weighted by molar-refractivity contribution is 8.93. The average Bonchev–Trinajstić information content (AvgIpc) is 1.19. The Kier molecular flexibility index (Phi) is 20.1. The van der Waals surface area contributed by atoms with Crippen molar-refractivity contribution in [3.05, 3.63) is 10.1 Å². The van der Waals surface area contributed by atoms with Crippen LogP contribution >= 0.6 is 29.4 Å². The molecule has 0 aliphatic rings. The summed E-state index contributed by atoms with van der Waals surface area (Å²) in [5, 5.41) is 13.6. The van der Waals surface area contributed by atoms with Gasteiger partial charge in [0.05, 0.1) is 0 Å². The topological polar surface area (TPSA) is 138 Å². The van der Waals surface area contributed by atoms with E-state index in [-0.39, 0.29) is 29.4 Å². The molecule has 0 spiro atoms. The van der Waals surface area contributed by atoms with Crippen LogP contribution in [0.5, 0.6) is 0 Å². The number of nitrogens with zero attached hydrogens (tertiary/aromatic N) is 1. The lowest BCUT2D eigenvalue weighted by Gasteiger charge is -1.68. The van der Waals surface area contributed by atoms with Crippen LogP contribution in [0.4, 0.5) is 0 Å². The minimum Gasteiger partial charge on any atom is -0.328 e. The van der Waals surface area contributed by atoms with Gasteiger partial charge in [0.15, 0.2) is 0 Å². The van der Waals surface area contributed by atoms with Gasteiger partial charge in [-0.3, -0.25) is 9.11 Å². The Labute approximate surface area is 78.1 Å². The monoisotopic (exact) mass is 277 g/mol. The Balaban J connectivity index is -0.0000000383. The maximum atomic E-state index is 8.74. The zero-order valence-electron chi connectivity index (χ0n) is 4.65. The molecule has 0 amide bonds. The van der Waals surface area contributed by atoms with Gasteiger partial charge in [0, 0.05) is 0 Å². The van der Waals surface area contributed by atoms with Crippen LogP contribution in [0.25, 0.3) is 0 Å². The van der Waals surface area contributed by atoms with Gasteiger partial charge in [-0.05, 0) is 0 Å². The summed E-state index contributed by atoms with van der Waals surface area (Å²) in [6.45, 7) is 0. The number of rotatable bonds is 0. The molecule has 0 bridgehead atoms. The van der Waals surface area contributed by atoms with Crippen LogP contribution in [0.15, 0.2) is 0 Å². The molecule has 0 atom stereocenters. The Hall–Kier alpha value is -0.160. The molecule has 0 heterocycles. The fourth-order valence-electron chi connectivity index (χ4n) is 0. The first-order valence-corrected chi connectivity index (χ1v) is 2.66. The number of hydrogen-bond acceptors (Lipinski definition) is 4. The normalized spacial score (nSPS) is 7.45. The summed E-state index contributed by atoms with van der Waals surface area (Å²) in [5.74, 6) is 0. The molecular formula is H5BrClNO7S. The predicted molar refractivity (Wildman–Crippen MR) is 40.5 cm³/mol. The molecule has 0 aromatic heterocycles. The van der Waals surface area contributed by atoms with Crippen molar-refractivity contribution in [2.75, 3.05) is 0 Å². The van der Waals surface area contributed by atoms with E-state index in [1.54, 1.807) is 0 Å². The maximum absolute atomic E-state index is 8.74. The number of halogens is 2. The zero-order chi connectivity index (χ0) is 8.08. The molecule has 0 radical (unpaired) electrons. The molecule has 0 rings (SSSR count). The Morgan fingerprint density at radius 1 is 1.27 bits per heavy atom. The SMILES string of the molecule is Br.Cl.O=S(=O)(O)O.O=[N+]([O-])O. The Morgan fingerprint density at radius 2 is 1.27 bits per heavy atom. The molecule has 8 nitrogen and oxygen atoms in total. The highest BCUT2D eigenvalue weighted by Gasteiger charge is 1.84. The van der Waals surface area contributed by atoms with Gasteiger partial charge in [0.2, 0.25) is 0 Å². The smallest absolute Gasteiger partial charge is 0.328 e. The van der Waals surface area contributed by atoms with E-state index in [0.29, 0.717) is 0 Å². The van der Waals surface area contributed by atoms with Crippen LogP contribution in [0.2, 0.25) is 0 Å². The zero-order valence-corrected chi connectivity index (χ0v) is 7.99. The van der Waals surface area contributed by atoms with Gasteiger partial charge in [0.1, 0.15) is 0 Å². The van der Waals surface area contributed by atoms with Gasteiger partial charge in [-0.2, -0.15) is 8.42 Å². The van der Waals surface area contributed by atoms with Crippen molar-refractivity contribution in [1.82, 2.24) is 0 Å². The first kappa shape index (κ1) is 22.4. The summed E-state index contributed by atoms with van der Waals surface area (Å²) in [6, 6.07) is 0. The molecule has 11 heteroatoms. The molecule has 3 N–H and O–H groups in total. The van der Waals surface area contributed by atoms with Gasteiger partial charge in [0.25, 0.3) is 5.09 Å². The van der Waals surface area contributed by atoms with Crippen LogP contribution in [0, 0.1) is 10.1 Å². The van der Waals surface area contributed by atoms with E-state index in [2.05, 4.69) is 0 Å². The van der Waals surface area contributed by atoms with Gasteiger partial charge in [-0.15, -0.1) is 39.5 Å².